The van der Waals surface area contributed by atoms with Gasteiger partial charge in [0, 0.05) is 34.9 Å². The van der Waals surface area contributed by atoms with Crippen molar-refractivity contribution in [2.45, 2.75) is 5.92 Å². The molecule has 5 N–H and O–H groups in total. The quantitative estimate of drug-likeness (QED) is 0.411. The number of phenols is 2. The third-order valence-electron chi connectivity index (χ3n) is 4.45. The molecule has 0 amide bonds. The molecule has 0 unspecified atom stereocenters. The smallest absolute Gasteiger partial charge is 0.336 e. The molecular weight excluding hydrogens is 334 g/mol. The summed E-state index contributed by atoms with van der Waals surface area (Å²) in [5, 5.41) is 29.2. The van der Waals surface area contributed by atoms with Crippen LogP contribution in [-0.4, -0.2) is 21.3 Å². The first-order valence-electron chi connectivity index (χ1n) is 7.90. The number of aromatic carboxylic acids is 1. The van der Waals surface area contributed by atoms with E-state index in [0.717, 1.165) is 0 Å². The van der Waals surface area contributed by atoms with E-state index >= 15 is 0 Å². The maximum atomic E-state index is 11.8. The average Bonchev–Trinajstić information content (AvgIpc) is 2.59. The van der Waals surface area contributed by atoms with E-state index in [1.165, 1.54) is 30.3 Å². The number of phenolic OH excluding ortho intramolecular Hbond substituents is 2. The molecule has 3 aromatic carbocycles. The minimum absolute atomic E-state index is 0.0295. The van der Waals surface area contributed by atoms with E-state index in [1.54, 1.807) is 24.3 Å². The van der Waals surface area contributed by atoms with Crippen molar-refractivity contribution >= 4 is 11.7 Å². The Morgan fingerprint density at radius 1 is 0.846 bits per heavy atom. The molecule has 0 radical (unpaired) electrons. The van der Waals surface area contributed by atoms with Gasteiger partial charge < -0.3 is 25.8 Å². The summed E-state index contributed by atoms with van der Waals surface area (Å²) in [5.41, 5.74) is 8.20. The number of hydrogen-bond donors (Lipinski definition) is 4. The second kappa shape index (κ2) is 5.70. The van der Waals surface area contributed by atoms with Crippen LogP contribution in [0, 0.1) is 0 Å². The average molecular weight is 349 g/mol. The number of hydrogen-bond acceptors (Lipinski definition) is 5. The second-order valence-electron chi connectivity index (χ2n) is 6.13. The van der Waals surface area contributed by atoms with E-state index in [-0.39, 0.29) is 17.1 Å². The summed E-state index contributed by atoms with van der Waals surface area (Å²) in [7, 11) is 0. The molecule has 26 heavy (non-hydrogen) atoms. The van der Waals surface area contributed by atoms with Gasteiger partial charge in [-0.2, -0.15) is 0 Å². The van der Waals surface area contributed by atoms with Crippen molar-refractivity contribution < 1.29 is 24.9 Å². The molecule has 1 heterocycles. The molecule has 0 bridgehead atoms. The van der Waals surface area contributed by atoms with Crippen molar-refractivity contribution in [1.82, 2.24) is 0 Å². The SMILES string of the molecule is Nc1ccc(C2c3ccc(O)cc3Oc3cc(O)ccc32)c(C(=O)O)c1. The molecule has 0 saturated carbocycles. The van der Waals surface area contributed by atoms with Crippen LogP contribution in [0.1, 0.15) is 33.0 Å². The molecule has 0 aromatic heterocycles. The molecule has 130 valence electrons. The predicted molar refractivity (Wildman–Crippen MR) is 95.0 cm³/mol. The number of carbonyl (C=O) groups is 1. The molecule has 6 heteroatoms. The van der Waals surface area contributed by atoms with E-state index in [4.69, 9.17) is 10.5 Å². The van der Waals surface area contributed by atoms with Gasteiger partial charge in [-0.3, -0.25) is 0 Å². The van der Waals surface area contributed by atoms with Crippen molar-refractivity contribution in [1.29, 1.82) is 0 Å². The topological polar surface area (TPSA) is 113 Å². The van der Waals surface area contributed by atoms with Crippen molar-refractivity contribution in [3.63, 3.8) is 0 Å². The van der Waals surface area contributed by atoms with Gasteiger partial charge in [0.25, 0.3) is 0 Å². The monoisotopic (exact) mass is 349 g/mol. The fourth-order valence-corrected chi connectivity index (χ4v) is 3.33. The molecule has 0 saturated heterocycles. The lowest BCUT2D eigenvalue weighted by Gasteiger charge is -2.29. The lowest BCUT2D eigenvalue weighted by molar-refractivity contribution is 0.0695. The summed E-state index contributed by atoms with van der Waals surface area (Å²) in [5.74, 6) is -0.660. The highest BCUT2D eigenvalue weighted by Gasteiger charge is 2.32. The summed E-state index contributed by atoms with van der Waals surface area (Å²) in [6.07, 6.45) is 0. The van der Waals surface area contributed by atoms with Gasteiger partial charge in [-0.15, -0.1) is 0 Å². The predicted octanol–water partition coefficient (Wildman–Crippen LogP) is 3.66. The van der Waals surface area contributed by atoms with Crippen molar-refractivity contribution in [2.24, 2.45) is 0 Å². The summed E-state index contributed by atoms with van der Waals surface area (Å²) >= 11 is 0. The van der Waals surface area contributed by atoms with E-state index in [9.17, 15) is 20.1 Å². The summed E-state index contributed by atoms with van der Waals surface area (Å²) in [4.78, 5) is 11.8. The number of anilines is 1. The van der Waals surface area contributed by atoms with Crippen LogP contribution in [-0.2, 0) is 0 Å². The molecular formula is C20H15NO5. The van der Waals surface area contributed by atoms with Crippen LogP contribution in [0.15, 0.2) is 54.6 Å². The highest BCUT2D eigenvalue weighted by atomic mass is 16.5. The Morgan fingerprint density at radius 2 is 1.38 bits per heavy atom. The standard InChI is InChI=1S/C20H15NO5/c21-10-1-4-13(16(7-10)20(24)25)19-14-5-2-11(22)8-17(14)26-18-9-12(23)3-6-15(18)19/h1-9,19,22-23H,21H2,(H,24,25). The Hall–Kier alpha value is -3.67. The van der Waals surface area contributed by atoms with Gasteiger partial charge in [-0.25, -0.2) is 4.79 Å². The first-order valence-corrected chi connectivity index (χ1v) is 7.90. The number of nitrogen functional groups attached to an aromatic ring is 1. The molecule has 4 rings (SSSR count). The zero-order chi connectivity index (χ0) is 18.4. The zero-order valence-electron chi connectivity index (χ0n) is 13.5. The summed E-state index contributed by atoms with van der Waals surface area (Å²) in [6, 6.07) is 14.1. The fraction of sp³-hybridized carbons (Fsp3) is 0.0500. The lowest BCUT2D eigenvalue weighted by atomic mass is 9.80. The van der Waals surface area contributed by atoms with Gasteiger partial charge in [0.2, 0.25) is 0 Å². The van der Waals surface area contributed by atoms with Crippen molar-refractivity contribution in [3.05, 3.63) is 76.9 Å². The minimum Gasteiger partial charge on any atom is -0.508 e. The highest BCUT2D eigenvalue weighted by Crippen LogP contribution is 2.49. The summed E-state index contributed by atoms with van der Waals surface area (Å²) in [6.45, 7) is 0. The van der Waals surface area contributed by atoms with Gasteiger partial charge >= 0.3 is 5.97 Å². The maximum absolute atomic E-state index is 11.8. The van der Waals surface area contributed by atoms with Gasteiger partial charge in [0.15, 0.2) is 0 Å². The number of nitrogens with two attached hydrogens (primary N) is 1. The van der Waals surface area contributed by atoms with Gasteiger partial charge in [-0.1, -0.05) is 18.2 Å². The number of benzene rings is 3. The Balaban J connectivity index is 2.02. The molecule has 0 aliphatic carbocycles. The van der Waals surface area contributed by atoms with Crippen LogP contribution < -0.4 is 10.5 Å². The van der Waals surface area contributed by atoms with Crippen LogP contribution in [0.3, 0.4) is 0 Å². The number of ether oxygens (including phenoxy) is 1. The van der Waals surface area contributed by atoms with E-state index in [0.29, 0.717) is 33.9 Å². The molecule has 0 fully saturated rings. The zero-order valence-corrected chi connectivity index (χ0v) is 13.5. The third-order valence-corrected chi connectivity index (χ3v) is 4.45. The third kappa shape index (κ3) is 2.48. The normalized spacial score (nSPS) is 12.8. The van der Waals surface area contributed by atoms with E-state index in [1.807, 2.05) is 0 Å². The Kier molecular flexibility index (Phi) is 3.47. The van der Waals surface area contributed by atoms with Crippen LogP contribution in [0.4, 0.5) is 5.69 Å². The Labute approximate surface area is 148 Å². The summed E-state index contributed by atoms with van der Waals surface area (Å²) < 4.78 is 5.82. The lowest BCUT2D eigenvalue weighted by Crippen LogP contribution is -2.15. The maximum Gasteiger partial charge on any atom is 0.336 e. The molecule has 0 atom stereocenters. The van der Waals surface area contributed by atoms with Crippen LogP contribution in [0.2, 0.25) is 0 Å². The molecule has 0 spiro atoms. The van der Waals surface area contributed by atoms with Crippen LogP contribution >= 0.6 is 0 Å². The first kappa shape index (κ1) is 15.8. The van der Waals surface area contributed by atoms with Crippen LogP contribution in [0.5, 0.6) is 23.0 Å². The Morgan fingerprint density at radius 3 is 1.92 bits per heavy atom. The number of carboxylic acids is 1. The number of carboxylic acid groups (broad SMARTS) is 1. The van der Waals surface area contributed by atoms with Crippen molar-refractivity contribution in [3.8, 4) is 23.0 Å². The molecule has 6 nitrogen and oxygen atoms in total. The van der Waals surface area contributed by atoms with Gasteiger partial charge in [0.05, 0.1) is 5.56 Å². The minimum atomic E-state index is -1.08. The number of aromatic hydroxyl groups is 2. The van der Waals surface area contributed by atoms with Crippen molar-refractivity contribution in [2.75, 3.05) is 5.73 Å². The highest BCUT2D eigenvalue weighted by molar-refractivity contribution is 5.91. The first-order chi connectivity index (χ1) is 12.4. The largest absolute Gasteiger partial charge is 0.508 e. The Bertz CT molecular complexity index is 993. The molecule has 1 aliphatic heterocycles. The molecule has 3 aromatic rings. The van der Waals surface area contributed by atoms with Gasteiger partial charge in [-0.05, 0) is 29.8 Å². The van der Waals surface area contributed by atoms with Gasteiger partial charge in [0.1, 0.15) is 23.0 Å². The number of rotatable bonds is 2. The second-order valence-corrected chi connectivity index (χ2v) is 6.13. The molecule has 1 aliphatic rings. The van der Waals surface area contributed by atoms with E-state index < -0.39 is 11.9 Å². The van der Waals surface area contributed by atoms with Crippen LogP contribution in [0.25, 0.3) is 0 Å². The van der Waals surface area contributed by atoms with E-state index in [2.05, 4.69) is 0 Å². The fourth-order valence-electron chi connectivity index (χ4n) is 3.33. The number of fused-ring (bicyclic) bond motifs is 2.